The third-order valence-corrected chi connectivity index (χ3v) is 5.65. The highest BCUT2D eigenvalue weighted by Gasteiger charge is 2.26. The predicted molar refractivity (Wildman–Crippen MR) is 126 cm³/mol. The van der Waals surface area contributed by atoms with E-state index in [9.17, 15) is 18.0 Å². The fourth-order valence-corrected chi connectivity index (χ4v) is 4.03. The summed E-state index contributed by atoms with van der Waals surface area (Å²) < 4.78 is 33.8. The first-order chi connectivity index (χ1) is 15.7. The predicted octanol–water partition coefficient (Wildman–Crippen LogP) is 4.09. The summed E-state index contributed by atoms with van der Waals surface area (Å²) in [6, 6.07) is 20.1. The van der Waals surface area contributed by atoms with Gasteiger partial charge < -0.3 is 14.8 Å². The third-order valence-electron chi connectivity index (χ3n) is 4.80. The normalized spacial score (nSPS) is 12.0. The lowest BCUT2D eigenvalue weighted by Gasteiger charge is -2.19. The molecule has 0 fully saturated rings. The number of aryl methyl sites for hydroxylation is 1. The highest BCUT2D eigenvalue weighted by atomic mass is 32.2. The van der Waals surface area contributed by atoms with Gasteiger partial charge in [0, 0.05) is 11.8 Å². The summed E-state index contributed by atoms with van der Waals surface area (Å²) in [4.78, 5) is 26.0. The van der Waals surface area contributed by atoms with Gasteiger partial charge in [-0.2, -0.15) is 0 Å². The smallest absolute Gasteiger partial charge is 0.339 e. The van der Waals surface area contributed by atoms with Gasteiger partial charge in [0.2, 0.25) is 6.10 Å². The van der Waals surface area contributed by atoms with Crippen LogP contribution in [-0.4, -0.2) is 33.7 Å². The lowest BCUT2D eigenvalue weighted by Crippen LogP contribution is -2.26. The van der Waals surface area contributed by atoms with Crippen molar-refractivity contribution in [2.75, 3.05) is 18.7 Å². The van der Waals surface area contributed by atoms with E-state index >= 15 is 0 Å². The van der Waals surface area contributed by atoms with Gasteiger partial charge in [0.1, 0.15) is 5.75 Å². The standard InChI is InChI=1S/C25H25NO6S/c1-17-9-14-22(31-2)21(15-17)26-24(27)23(19-7-5-4-6-8-19)32-25(28)20-12-10-18(11-13-20)16-33(3,29)30/h4-15,23H,16H2,1-3H3,(H,26,27). The van der Waals surface area contributed by atoms with Crippen molar-refractivity contribution in [1.29, 1.82) is 0 Å². The Bertz CT molecular complexity index is 1240. The number of carbonyl (C=O) groups excluding carboxylic acids is 2. The van der Waals surface area contributed by atoms with Crippen molar-refractivity contribution in [3.63, 3.8) is 0 Å². The Hall–Kier alpha value is -3.65. The van der Waals surface area contributed by atoms with Gasteiger partial charge in [-0.3, -0.25) is 4.79 Å². The van der Waals surface area contributed by atoms with E-state index in [1.54, 1.807) is 54.6 Å². The average molecular weight is 468 g/mol. The van der Waals surface area contributed by atoms with Crippen molar-refractivity contribution < 1.29 is 27.5 Å². The fourth-order valence-electron chi connectivity index (χ4n) is 3.23. The van der Waals surface area contributed by atoms with Crippen LogP contribution in [-0.2, 0) is 25.1 Å². The van der Waals surface area contributed by atoms with E-state index in [4.69, 9.17) is 9.47 Å². The molecule has 1 atom stereocenters. The molecule has 0 saturated carbocycles. The summed E-state index contributed by atoms with van der Waals surface area (Å²) in [6.45, 7) is 1.89. The number of hydrogen-bond acceptors (Lipinski definition) is 6. The number of ether oxygens (including phenoxy) is 2. The van der Waals surface area contributed by atoms with Gasteiger partial charge in [0.05, 0.1) is 24.1 Å². The van der Waals surface area contributed by atoms with E-state index in [0.717, 1.165) is 11.8 Å². The Balaban J connectivity index is 1.84. The zero-order chi connectivity index (χ0) is 24.0. The number of esters is 1. The maximum atomic E-state index is 13.2. The van der Waals surface area contributed by atoms with Gasteiger partial charge in [-0.25, -0.2) is 13.2 Å². The topological polar surface area (TPSA) is 98.8 Å². The Morgan fingerprint density at radius 3 is 2.24 bits per heavy atom. The molecule has 1 N–H and O–H groups in total. The molecule has 0 spiro atoms. The van der Waals surface area contributed by atoms with E-state index in [0.29, 0.717) is 22.6 Å². The van der Waals surface area contributed by atoms with Gasteiger partial charge in [0.15, 0.2) is 9.84 Å². The fraction of sp³-hybridized carbons (Fsp3) is 0.200. The second-order valence-electron chi connectivity index (χ2n) is 7.66. The maximum absolute atomic E-state index is 13.2. The summed E-state index contributed by atoms with van der Waals surface area (Å²) in [5.74, 6) is -0.891. The molecule has 0 saturated heterocycles. The van der Waals surface area contributed by atoms with Gasteiger partial charge in [0.25, 0.3) is 5.91 Å². The average Bonchev–Trinajstić information content (AvgIpc) is 2.77. The zero-order valence-corrected chi connectivity index (χ0v) is 19.4. The van der Waals surface area contributed by atoms with Crippen LogP contribution in [0.5, 0.6) is 5.75 Å². The van der Waals surface area contributed by atoms with Gasteiger partial charge >= 0.3 is 5.97 Å². The maximum Gasteiger partial charge on any atom is 0.339 e. The Morgan fingerprint density at radius 2 is 1.64 bits per heavy atom. The van der Waals surface area contributed by atoms with Gasteiger partial charge in [-0.1, -0.05) is 48.5 Å². The molecule has 8 heteroatoms. The summed E-state index contributed by atoms with van der Waals surface area (Å²) in [5, 5.41) is 2.78. The minimum atomic E-state index is -3.19. The molecule has 0 radical (unpaired) electrons. The van der Waals surface area contributed by atoms with Crippen LogP contribution in [0.25, 0.3) is 0 Å². The Kier molecular flexibility index (Phi) is 7.50. The molecule has 7 nitrogen and oxygen atoms in total. The van der Waals surface area contributed by atoms with Crippen molar-refractivity contribution in [3.8, 4) is 5.75 Å². The number of hydrogen-bond donors (Lipinski definition) is 1. The van der Waals surface area contributed by atoms with Crippen LogP contribution in [0, 0.1) is 6.92 Å². The van der Waals surface area contributed by atoms with Crippen molar-refractivity contribution in [1.82, 2.24) is 0 Å². The lowest BCUT2D eigenvalue weighted by atomic mass is 10.1. The Morgan fingerprint density at radius 1 is 0.970 bits per heavy atom. The van der Waals surface area contributed by atoms with Crippen LogP contribution >= 0.6 is 0 Å². The highest BCUT2D eigenvalue weighted by Crippen LogP contribution is 2.28. The van der Waals surface area contributed by atoms with Crippen molar-refractivity contribution in [3.05, 3.63) is 95.1 Å². The number of benzene rings is 3. The largest absolute Gasteiger partial charge is 0.495 e. The second-order valence-corrected chi connectivity index (χ2v) is 9.80. The minimum absolute atomic E-state index is 0.129. The van der Waals surface area contributed by atoms with Crippen molar-refractivity contribution in [2.24, 2.45) is 0 Å². The molecular formula is C25H25NO6S. The van der Waals surface area contributed by atoms with Gasteiger partial charge in [-0.15, -0.1) is 0 Å². The van der Waals surface area contributed by atoms with E-state index in [1.807, 2.05) is 13.0 Å². The van der Waals surface area contributed by atoms with E-state index in [-0.39, 0.29) is 11.3 Å². The SMILES string of the molecule is COc1ccc(C)cc1NC(=O)C(OC(=O)c1ccc(CS(C)(=O)=O)cc1)c1ccccc1. The number of anilines is 1. The number of carbonyl (C=O) groups is 2. The molecule has 0 aliphatic carbocycles. The summed E-state index contributed by atoms with van der Waals surface area (Å²) in [5.41, 5.74) is 2.65. The van der Waals surface area contributed by atoms with Crippen LogP contribution in [0.2, 0.25) is 0 Å². The molecule has 0 aliphatic heterocycles. The second kappa shape index (κ2) is 10.3. The molecule has 172 valence electrons. The quantitative estimate of drug-likeness (QED) is 0.501. The monoisotopic (exact) mass is 467 g/mol. The summed E-state index contributed by atoms with van der Waals surface area (Å²) in [7, 11) is -1.69. The lowest BCUT2D eigenvalue weighted by molar-refractivity contribution is -0.125. The van der Waals surface area contributed by atoms with Crippen molar-refractivity contribution in [2.45, 2.75) is 18.8 Å². The molecule has 0 aromatic heterocycles. The van der Waals surface area contributed by atoms with E-state index in [2.05, 4.69) is 5.32 Å². The summed E-state index contributed by atoms with van der Waals surface area (Å²) in [6.07, 6.45) is -0.0683. The first kappa shape index (κ1) is 24.0. The molecule has 33 heavy (non-hydrogen) atoms. The molecule has 3 rings (SSSR count). The number of nitrogens with one attached hydrogen (secondary N) is 1. The molecule has 1 amide bonds. The third kappa shape index (κ3) is 6.66. The van der Waals surface area contributed by atoms with E-state index in [1.165, 1.54) is 19.2 Å². The molecule has 0 aliphatic rings. The molecule has 3 aromatic carbocycles. The van der Waals surface area contributed by atoms with Crippen LogP contribution < -0.4 is 10.1 Å². The van der Waals surface area contributed by atoms with Crippen LogP contribution in [0.15, 0.2) is 72.8 Å². The van der Waals surface area contributed by atoms with Crippen LogP contribution in [0.4, 0.5) is 5.69 Å². The van der Waals surface area contributed by atoms with E-state index < -0.39 is 27.8 Å². The molecule has 3 aromatic rings. The molecule has 0 bridgehead atoms. The van der Waals surface area contributed by atoms with Crippen LogP contribution in [0.1, 0.15) is 33.2 Å². The van der Waals surface area contributed by atoms with Crippen molar-refractivity contribution >= 4 is 27.4 Å². The number of amides is 1. The zero-order valence-electron chi connectivity index (χ0n) is 18.6. The summed E-state index contributed by atoms with van der Waals surface area (Å²) >= 11 is 0. The number of methoxy groups -OCH3 is 1. The van der Waals surface area contributed by atoms with Crippen LogP contribution in [0.3, 0.4) is 0 Å². The molecule has 0 heterocycles. The van der Waals surface area contributed by atoms with Gasteiger partial charge in [-0.05, 0) is 42.3 Å². The number of rotatable bonds is 8. The first-order valence-corrected chi connectivity index (χ1v) is 12.2. The highest BCUT2D eigenvalue weighted by molar-refractivity contribution is 7.89. The number of sulfone groups is 1. The minimum Gasteiger partial charge on any atom is -0.495 e. The Labute approximate surface area is 193 Å². The first-order valence-electron chi connectivity index (χ1n) is 10.1. The molecular weight excluding hydrogens is 442 g/mol. The molecule has 1 unspecified atom stereocenters.